The number of carbonyl (C=O) groups excluding carboxylic acids is 3. The number of aromatic hydroxyl groups is 1. The lowest BCUT2D eigenvalue weighted by atomic mass is 10.0. The van der Waals surface area contributed by atoms with Crippen LogP contribution in [0, 0.1) is 0 Å². The van der Waals surface area contributed by atoms with Crippen LogP contribution in [-0.4, -0.2) is 59.0 Å². The lowest BCUT2D eigenvalue weighted by Gasteiger charge is -2.16. The lowest BCUT2D eigenvalue weighted by Crippen LogP contribution is -2.36. The number of nitrogens with zero attached hydrogens (tertiary/aromatic N) is 1. The predicted molar refractivity (Wildman–Crippen MR) is 120 cm³/mol. The summed E-state index contributed by atoms with van der Waals surface area (Å²) in [4.78, 5) is 35.6. The first-order chi connectivity index (χ1) is 16.3. The van der Waals surface area contributed by atoms with Crippen LogP contribution in [0.2, 0.25) is 0 Å². The van der Waals surface area contributed by atoms with Gasteiger partial charge in [-0.1, -0.05) is 0 Å². The van der Waals surface area contributed by atoms with Crippen molar-refractivity contribution in [3.05, 3.63) is 29.5 Å². The van der Waals surface area contributed by atoms with Crippen molar-refractivity contribution in [2.45, 2.75) is 56.6 Å². The number of amides is 2. The monoisotopic (exact) mass is 472 g/mol. The van der Waals surface area contributed by atoms with Gasteiger partial charge >= 0.3 is 6.09 Å². The van der Waals surface area contributed by atoms with Gasteiger partial charge < -0.3 is 30.0 Å². The molecular weight excluding hydrogens is 444 g/mol. The molecule has 11 heteroatoms. The van der Waals surface area contributed by atoms with Crippen molar-refractivity contribution in [1.29, 1.82) is 0 Å². The number of aromatic nitrogens is 2. The van der Waals surface area contributed by atoms with Gasteiger partial charge in [0.05, 0.1) is 12.7 Å². The van der Waals surface area contributed by atoms with Gasteiger partial charge in [-0.25, -0.2) is 4.79 Å². The number of benzene rings is 1. The Hall–Kier alpha value is -3.76. The molecule has 4 rings (SSSR count). The number of nitrogens with one attached hydrogen (secondary N) is 3. The Bertz CT molecular complexity index is 1080. The molecule has 34 heavy (non-hydrogen) atoms. The number of hydrogen-bond acceptors (Lipinski definition) is 8. The van der Waals surface area contributed by atoms with Gasteiger partial charge in [-0.2, -0.15) is 5.10 Å². The number of phenols is 1. The molecule has 2 fully saturated rings. The van der Waals surface area contributed by atoms with Gasteiger partial charge in [-0.15, -0.1) is 0 Å². The highest BCUT2D eigenvalue weighted by Crippen LogP contribution is 2.37. The second-order valence-corrected chi connectivity index (χ2v) is 8.94. The van der Waals surface area contributed by atoms with Crippen LogP contribution in [0.15, 0.2) is 18.2 Å². The predicted octanol–water partition coefficient (Wildman–Crippen LogP) is 2.87. The van der Waals surface area contributed by atoms with E-state index in [-0.39, 0.29) is 46.5 Å². The van der Waals surface area contributed by atoms with Crippen LogP contribution in [0.5, 0.6) is 17.2 Å². The summed E-state index contributed by atoms with van der Waals surface area (Å²) in [5, 5.41) is 22.5. The van der Waals surface area contributed by atoms with E-state index in [1.807, 2.05) is 6.92 Å². The first-order valence-electron chi connectivity index (χ1n) is 11.1. The summed E-state index contributed by atoms with van der Waals surface area (Å²) in [6, 6.07) is 4.43. The van der Waals surface area contributed by atoms with Gasteiger partial charge in [0.2, 0.25) is 0 Å². The van der Waals surface area contributed by atoms with Gasteiger partial charge in [-0.3, -0.25) is 14.7 Å². The van der Waals surface area contributed by atoms with Crippen molar-refractivity contribution in [2.24, 2.45) is 0 Å². The average molecular weight is 472 g/mol. The van der Waals surface area contributed by atoms with Crippen molar-refractivity contribution >= 4 is 24.1 Å². The molecule has 0 radical (unpaired) electrons. The van der Waals surface area contributed by atoms with E-state index < -0.39 is 12.5 Å². The molecule has 4 N–H and O–H groups in total. The van der Waals surface area contributed by atoms with Crippen molar-refractivity contribution in [3.63, 3.8) is 0 Å². The van der Waals surface area contributed by atoms with E-state index in [9.17, 15) is 19.5 Å². The van der Waals surface area contributed by atoms with E-state index >= 15 is 0 Å². The van der Waals surface area contributed by atoms with E-state index in [4.69, 9.17) is 14.2 Å². The minimum Gasteiger partial charge on any atom is -0.507 e. The topological polar surface area (TPSA) is 152 Å². The van der Waals surface area contributed by atoms with Crippen LogP contribution < -0.4 is 20.1 Å². The molecule has 2 aliphatic rings. The van der Waals surface area contributed by atoms with Crippen LogP contribution in [-0.2, 0) is 9.53 Å². The number of rotatable bonds is 9. The lowest BCUT2D eigenvalue weighted by molar-refractivity contribution is -0.118. The first kappa shape index (κ1) is 23.4. The highest BCUT2D eigenvalue weighted by molar-refractivity contribution is 5.91. The molecule has 0 bridgehead atoms. The Morgan fingerprint density at radius 2 is 2.09 bits per heavy atom. The number of phenolic OH excluding ortho intramolecular Hbond substituents is 1. The third kappa shape index (κ3) is 5.59. The number of ether oxygens (including phenoxy) is 3. The van der Waals surface area contributed by atoms with E-state index in [0.717, 1.165) is 31.4 Å². The van der Waals surface area contributed by atoms with Gasteiger partial charge in [0.15, 0.2) is 18.7 Å². The zero-order chi connectivity index (χ0) is 24.3. The summed E-state index contributed by atoms with van der Waals surface area (Å²) in [6.07, 6.45) is 4.13. The normalized spacial score (nSPS) is 20.3. The van der Waals surface area contributed by atoms with E-state index in [1.54, 1.807) is 6.07 Å². The van der Waals surface area contributed by atoms with Crippen LogP contribution in [0.25, 0.3) is 0 Å². The number of hydrogen-bond donors (Lipinski definition) is 4. The molecule has 182 valence electrons. The summed E-state index contributed by atoms with van der Waals surface area (Å²) >= 11 is 0. The summed E-state index contributed by atoms with van der Waals surface area (Å²) < 4.78 is 16.0. The summed E-state index contributed by atoms with van der Waals surface area (Å²) in [6.45, 7) is 1.60. The van der Waals surface area contributed by atoms with Crippen LogP contribution in [0.1, 0.15) is 61.0 Å². The third-order valence-electron chi connectivity index (χ3n) is 6.17. The molecule has 0 unspecified atom stereocenters. The number of aldehydes is 1. The molecule has 11 nitrogen and oxygen atoms in total. The Kier molecular flexibility index (Phi) is 6.62. The molecule has 2 amide bonds. The quantitative estimate of drug-likeness (QED) is 0.407. The van der Waals surface area contributed by atoms with Crippen LogP contribution in [0.4, 0.5) is 10.6 Å². The van der Waals surface area contributed by atoms with Gasteiger partial charge in [0.25, 0.3) is 5.91 Å². The number of H-pyrrole nitrogens is 1. The molecule has 2 atom stereocenters. The number of aromatic amines is 1. The number of anilines is 1. The fourth-order valence-electron chi connectivity index (χ4n) is 3.94. The fraction of sp³-hybridized carbons (Fsp3) is 0.478. The number of alkyl carbamates (subject to hydrolysis) is 1. The molecule has 0 spiro atoms. The van der Waals surface area contributed by atoms with Crippen LogP contribution >= 0.6 is 0 Å². The highest BCUT2D eigenvalue weighted by atomic mass is 16.6. The second-order valence-electron chi connectivity index (χ2n) is 8.94. The maximum Gasteiger partial charge on any atom is 0.407 e. The Morgan fingerprint density at radius 1 is 1.29 bits per heavy atom. The largest absolute Gasteiger partial charge is 0.507 e. The van der Waals surface area contributed by atoms with Crippen molar-refractivity contribution in [3.8, 4) is 17.2 Å². The zero-order valence-electron chi connectivity index (χ0n) is 19.1. The van der Waals surface area contributed by atoms with Gasteiger partial charge in [0.1, 0.15) is 23.4 Å². The first-order valence-corrected chi connectivity index (χ1v) is 11.1. The molecule has 0 saturated heterocycles. The SMILES string of the molecule is COc1cc(O)c(C=O)c(OCC(=O)Nc2cc([C@H]3CC[C@@H](OC(=O)NC4(C)CC4)C3)[nH]n2)c1. The molecule has 1 heterocycles. The minimum absolute atomic E-state index is 0.0291. The average Bonchev–Trinajstić information content (AvgIpc) is 3.16. The van der Waals surface area contributed by atoms with Crippen molar-refractivity contribution < 1.29 is 33.7 Å². The second kappa shape index (κ2) is 9.62. The van der Waals surface area contributed by atoms with Crippen LogP contribution in [0.3, 0.4) is 0 Å². The Labute approximate surface area is 196 Å². The summed E-state index contributed by atoms with van der Waals surface area (Å²) in [5.41, 5.74) is 0.656. The number of carbonyl (C=O) groups is 3. The van der Waals surface area contributed by atoms with Crippen molar-refractivity contribution in [1.82, 2.24) is 15.5 Å². The van der Waals surface area contributed by atoms with Crippen molar-refractivity contribution in [2.75, 3.05) is 19.0 Å². The molecule has 2 saturated carbocycles. The zero-order valence-corrected chi connectivity index (χ0v) is 19.1. The summed E-state index contributed by atoms with van der Waals surface area (Å²) in [5.74, 6) is -0.0140. The highest BCUT2D eigenvalue weighted by Gasteiger charge is 2.40. The van der Waals surface area contributed by atoms with E-state index in [1.165, 1.54) is 19.2 Å². The van der Waals surface area contributed by atoms with E-state index in [2.05, 4.69) is 20.8 Å². The maximum absolute atomic E-state index is 12.3. The maximum atomic E-state index is 12.3. The smallest absolute Gasteiger partial charge is 0.407 e. The Morgan fingerprint density at radius 3 is 2.79 bits per heavy atom. The molecule has 1 aromatic heterocycles. The molecule has 0 aliphatic heterocycles. The summed E-state index contributed by atoms with van der Waals surface area (Å²) in [7, 11) is 1.41. The molecule has 2 aliphatic carbocycles. The Balaban J connectivity index is 1.27. The number of methoxy groups -OCH3 is 1. The van der Waals surface area contributed by atoms with E-state index in [0.29, 0.717) is 18.5 Å². The fourth-order valence-corrected chi connectivity index (χ4v) is 3.94. The molecule has 2 aromatic rings. The van der Waals surface area contributed by atoms with Gasteiger partial charge in [0, 0.05) is 35.3 Å². The molecule has 1 aromatic carbocycles. The standard InChI is InChI=1S/C23H28N4O7/c1-23(5-6-23)25-22(31)34-14-4-3-13(7-14)17-10-20(27-26-17)24-21(30)12-33-19-9-15(32-2)8-18(29)16(19)11-28/h8-11,13-14,29H,3-7,12H2,1-2H3,(H,25,31)(H2,24,26,27,30)/t13-,14+/m0/s1. The third-order valence-corrected chi connectivity index (χ3v) is 6.17. The van der Waals surface area contributed by atoms with Gasteiger partial charge in [-0.05, 0) is 39.0 Å². The molecular formula is C23H28N4O7. The minimum atomic E-state index is -0.491.